The van der Waals surface area contributed by atoms with Gasteiger partial charge in [-0.2, -0.15) is 0 Å². The molecular formula is C20H20N4O2S. The lowest BCUT2D eigenvalue weighted by Crippen LogP contribution is -2.43. The largest absolute Gasteiger partial charge is 0.369 e. The molecule has 6 nitrogen and oxygen atoms in total. The Morgan fingerprint density at radius 3 is 2.67 bits per heavy atom. The normalized spacial score (nSPS) is 17.1. The van der Waals surface area contributed by atoms with Crippen molar-refractivity contribution >= 4 is 28.7 Å². The van der Waals surface area contributed by atoms with Gasteiger partial charge in [0.2, 0.25) is 5.91 Å². The number of amides is 1. The van der Waals surface area contributed by atoms with E-state index in [2.05, 4.69) is 10.3 Å². The molecule has 0 radical (unpaired) electrons. The van der Waals surface area contributed by atoms with Crippen LogP contribution in [0, 0.1) is 5.92 Å². The van der Waals surface area contributed by atoms with E-state index in [4.69, 9.17) is 0 Å². The fourth-order valence-electron chi connectivity index (χ4n) is 3.36. The van der Waals surface area contributed by atoms with Crippen LogP contribution in [0.4, 0.5) is 11.5 Å². The van der Waals surface area contributed by atoms with E-state index in [1.54, 1.807) is 22.3 Å². The number of thiazole rings is 1. The van der Waals surface area contributed by atoms with Crippen molar-refractivity contribution in [3.8, 4) is 5.69 Å². The number of benzene rings is 1. The molecule has 4 rings (SSSR count). The first-order valence-corrected chi connectivity index (χ1v) is 9.88. The van der Waals surface area contributed by atoms with Crippen molar-refractivity contribution in [1.29, 1.82) is 0 Å². The zero-order valence-corrected chi connectivity index (χ0v) is 15.6. The Morgan fingerprint density at radius 1 is 1.11 bits per heavy atom. The number of anilines is 2. The molecule has 1 atom stereocenters. The summed E-state index contributed by atoms with van der Waals surface area (Å²) in [4.78, 5) is 30.9. The standard InChI is InChI=1S/C20H20N4O2S/c25-19-5-1-2-10-23(19)16-6-8-17(9-7-16)24-11-3-4-15(20(24)26)12-21-18-13-27-14-22-18/h1-2,5-10,13-15,21H,3-4,11-12H2. The SMILES string of the molecule is O=C1C(CNc2cscn2)CCCN1c1ccc(-n2ccccc2=O)cc1. The van der Waals surface area contributed by atoms with Crippen LogP contribution in [0.3, 0.4) is 0 Å². The van der Waals surface area contributed by atoms with Crippen LogP contribution in [0.2, 0.25) is 0 Å². The predicted octanol–water partition coefficient (Wildman–Crippen LogP) is 3.15. The Kier molecular flexibility index (Phi) is 5.02. The molecule has 138 valence electrons. The zero-order chi connectivity index (χ0) is 18.6. The summed E-state index contributed by atoms with van der Waals surface area (Å²) in [5, 5.41) is 5.19. The number of nitrogens with zero attached hydrogens (tertiary/aromatic N) is 3. The molecule has 1 aliphatic heterocycles. The number of piperidine rings is 1. The van der Waals surface area contributed by atoms with E-state index in [1.807, 2.05) is 40.6 Å². The molecule has 0 bridgehead atoms. The third-order valence-electron chi connectivity index (χ3n) is 4.77. The van der Waals surface area contributed by atoms with E-state index < -0.39 is 0 Å². The molecule has 1 aromatic carbocycles. The highest BCUT2D eigenvalue weighted by molar-refractivity contribution is 7.07. The number of rotatable bonds is 5. The highest BCUT2D eigenvalue weighted by Gasteiger charge is 2.29. The van der Waals surface area contributed by atoms with Crippen LogP contribution in [0.25, 0.3) is 5.69 Å². The van der Waals surface area contributed by atoms with Crippen molar-refractivity contribution in [1.82, 2.24) is 9.55 Å². The average Bonchev–Trinajstić information content (AvgIpc) is 3.22. The predicted molar refractivity (Wildman–Crippen MR) is 108 cm³/mol. The van der Waals surface area contributed by atoms with Gasteiger partial charge in [0.15, 0.2) is 0 Å². The molecule has 3 heterocycles. The van der Waals surface area contributed by atoms with Crippen LogP contribution in [0.1, 0.15) is 12.8 Å². The van der Waals surface area contributed by atoms with Crippen LogP contribution in [-0.4, -0.2) is 28.5 Å². The fourth-order valence-corrected chi connectivity index (χ4v) is 3.87. The second kappa shape index (κ2) is 7.75. The van der Waals surface area contributed by atoms with E-state index in [0.717, 1.165) is 36.6 Å². The van der Waals surface area contributed by atoms with Crippen molar-refractivity contribution in [2.45, 2.75) is 12.8 Å². The van der Waals surface area contributed by atoms with Gasteiger partial charge in [0.05, 0.1) is 11.4 Å². The van der Waals surface area contributed by atoms with Gasteiger partial charge >= 0.3 is 0 Å². The van der Waals surface area contributed by atoms with Gasteiger partial charge in [0.1, 0.15) is 5.82 Å². The molecule has 1 N–H and O–H groups in total. The topological polar surface area (TPSA) is 67.2 Å². The summed E-state index contributed by atoms with van der Waals surface area (Å²) >= 11 is 1.53. The molecule has 27 heavy (non-hydrogen) atoms. The second-order valence-electron chi connectivity index (χ2n) is 6.51. The van der Waals surface area contributed by atoms with Crippen molar-refractivity contribution in [3.63, 3.8) is 0 Å². The minimum absolute atomic E-state index is 0.0585. The third kappa shape index (κ3) is 3.78. The van der Waals surface area contributed by atoms with Gasteiger partial charge in [0, 0.05) is 42.1 Å². The molecule has 7 heteroatoms. The van der Waals surface area contributed by atoms with Crippen molar-refractivity contribution in [2.24, 2.45) is 5.92 Å². The Morgan fingerprint density at radius 2 is 1.93 bits per heavy atom. The molecule has 0 spiro atoms. The number of hydrogen-bond acceptors (Lipinski definition) is 5. The molecule has 0 aliphatic carbocycles. The number of carbonyl (C=O) groups excluding carboxylic acids is 1. The smallest absolute Gasteiger partial charge is 0.255 e. The van der Waals surface area contributed by atoms with Gasteiger partial charge < -0.3 is 10.2 Å². The lowest BCUT2D eigenvalue weighted by molar-refractivity contribution is -0.123. The maximum atomic E-state index is 12.9. The molecule has 1 fully saturated rings. The quantitative estimate of drug-likeness (QED) is 0.738. The molecule has 1 saturated heterocycles. The van der Waals surface area contributed by atoms with Crippen LogP contribution >= 0.6 is 11.3 Å². The summed E-state index contributed by atoms with van der Waals surface area (Å²) in [5.41, 5.74) is 3.35. The number of hydrogen-bond donors (Lipinski definition) is 1. The van der Waals surface area contributed by atoms with E-state index in [-0.39, 0.29) is 17.4 Å². The van der Waals surface area contributed by atoms with Gasteiger partial charge in [-0.05, 0) is 43.2 Å². The molecule has 0 saturated carbocycles. The molecule has 3 aromatic rings. The minimum atomic E-state index is -0.0764. The Bertz CT molecular complexity index is 966. The summed E-state index contributed by atoms with van der Waals surface area (Å²) in [6, 6.07) is 12.6. The Labute approximate surface area is 161 Å². The summed E-state index contributed by atoms with van der Waals surface area (Å²) < 4.78 is 1.59. The zero-order valence-electron chi connectivity index (χ0n) is 14.7. The summed E-state index contributed by atoms with van der Waals surface area (Å²) in [7, 11) is 0. The van der Waals surface area contributed by atoms with Crippen molar-refractivity contribution in [3.05, 3.63) is 69.9 Å². The summed E-state index contributed by atoms with van der Waals surface area (Å²) in [5.74, 6) is 0.896. The molecule has 2 aromatic heterocycles. The first-order valence-electron chi connectivity index (χ1n) is 8.94. The number of aromatic nitrogens is 2. The second-order valence-corrected chi connectivity index (χ2v) is 7.23. The van der Waals surface area contributed by atoms with Gasteiger partial charge in [0.25, 0.3) is 5.56 Å². The number of carbonyl (C=O) groups is 1. The molecular weight excluding hydrogens is 360 g/mol. The first kappa shape index (κ1) is 17.5. The molecule has 1 amide bonds. The molecule has 1 aliphatic rings. The van der Waals surface area contributed by atoms with Crippen LogP contribution < -0.4 is 15.8 Å². The van der Waals surface area contributed by atoms with Gasteiger partial charge in [-0.1, -0.05) is 6.07 Å². The highest BCUT2D eigenvalue weighted by atomic mass is 32.1. The Balaban J connectivity index is 1.48. The number of pyridine rings is 1. The van der Waals surface area contributed by atoms with Crippen LogP contribution in [-0.2, 0) is 4.79 Å². The van der Waals surface area contributed by atoms with Gasteiger partial charge in [-0.3, -0.25) is 14.2 Å². The van der Waals surface area contributed by atoms with E-state index >= 15 is 0 Å². The first-order chi connectivity index (χ1) is 13.2. The maximum absolute atomic E-state index is 12.9. The number of nitrogens with one attached hydrogen (secondary N) is 1. The summed E-state index contributed by atoms with van der Waals surface area (Å²) in [6.45, 7) is 1.31. The fraction of sp³-hybridized carbons (Fsp3) is 0.250. The highest BCUT2D eigenvalue weighted by Crippen LogP contribution is 2.25. The lowest BCUT2D eigenvalue weighted by atomic mass is 9.96. The van der Waals surface area contributed by atoms with E-state index in [9.17, 15) is 9.59 Å². The van der Waals surface area contributed by atoms with Crippen LogP contribution in [0.5, 0.6) is 0 Å². The lowest BCUT2D eigenvalue weighted by Gasteiger charge is -2.32. The van der Waals surface area contributed by atoms with Crippen molar-refractivity contribution < 1.29 is 4.79 Å². The van der Waals surface area contributed by atoms with Crippen LogP contribution in [0.15, 0.2) is 64.3 Å². The Hall–Kier alpha value is -2.93. The average molecular weight is 380 g/mol. The van der Waals surface area contributed by atoms with E-state index in [0.29, 0.717) is 6.54 Å². The monoisotopic (exact) mass is 380 g/mol. The third-order valence-corrected chi connectivity index (χ3v) is 5.36. The summed E-state index contributed by atoms with van der Waals surface area (Å²) in [6.07, 6.45) is 3.59. The minimum Gasteiger partial charge on any atom is -0.369 e. The van der Waals surface area contributed by atoms with E-state index in [1.165, 1.54) is 17.4 Å². The maximum Gasteiger partial charge on any atom is 0.255 e. The van der Waals surface area contributed by atoms with Gasteiger partial charge in [-0.15, -0.1) is 11.3 Å². The van der Waals surface area contributed by atoms with Crippen molar-refractivity contribution in [2.75, 3.05) is 23.3 Å². The van der Waals surface area contributed by atoms with Gasteiger partial charge in [-0.25, -0.2) is 4.98 Å². The molecule has 1 unspecified atom stereocenters.